The number of esters is 3. The van der Waals surface area contributed by atoms with Gasteiger partial charge in [-0.15, -0.1) is 0 Å². The fraction of sp³-hybridized carbons (Fsp3) is 0.944. The summed E-state index contributed by atoms with van der Waals surface area (Å²) in [6.07, 6.45) is 47.9. The number of unbranched alkanes of at least 4 members (excludes halogenated alkanes) is 32. The van der Waals surface area contributed by atoms with E-state index in [9.17, 15) is 14.4 Å². The quantitative estimate of drug-likeness (QED) is 0.0345. The first kappa shape index (κ1) is 58.4. The Morgan fingerprint density at radius 2 is 0.633 bits per heavy atom. The van der Waals surface area contributed by atoms with Crippen LogP contribution in [-0.4, -0.2) is 37.2 Å². The summed E-state index contributed by atoms with van der Waals surface area (Å²) >= 11 is 0. The zero-order chi connectivity index (χ0) is 44.0. The molecule has 0 N–H and O–H groups in total. The van der Waals surface area contributed by atoms with E-state index in [4.69, 9.17) is 14.2 Å². The van der Waals surface area contributed by atoms with Crippen molar-refractivity contribution < 1.29 is 28.6 Å². The fourth-order valence-corrected chi connectivity index (χ4v) is 8.13. The van der Waals surface area contributed by atoms with E-state index in [-0.39, 0.29) is 31.1 Å². The summed E-state index contributed by atoms with van der Waals surface area (Å²) in [4.78, 5) is 38.0. The Hall–Kier alpha value is -1.59. The van der Waals surface area contributed by atoms with E-state index in [1.165, 1.54) is 186 Å². The van der Waals surface area contributed by atoms with Crippen LogP contribution in [0, 0.1) is 11.8 Å². The molecule has 0 saturated carbocycles. The van der Waals surface area contributed by atoms with Crippen LogP contribution in [0.5, 0.6) is 0 Å². The van der Waals surface area contributed by atoms with Gasteiger partial charge in [-0.3, -0.25) is 14.4 Å². The molecule has 0 aromatic heterocycles. The van der Waals surface area contributed by atoms with Gasteiger partial charge in [0.25, 0.3) is 0 Å². The Labute approximate surface area is 374 Å². The molecule has 0 amide bonds. The molecule has 0 aromatic rings. The first-order valence-corrected chi connectivity index (χ1v) is 26.8. The highest BCUT2D eigenvalue weighted by Gasteiger charge is 2.19. The molecular weight excluding hydrogens is 745 g/mol. The van der Waals surface area contributed by atoms with E-state index in [0.717, 1.165) is 69.6 Å². The Kier molecular flexibility index (Phi) is 45.7. The molecule has 60 heavy (non-hydrogen) atoms. The number of carbonyl (C=O) groups excluding carboxylic acids is 3. The number of carbonyl (C=O) groups is 3. The van der Waals surface area contributed by atoms with Crippen molar-refractivity contribution in [1.29, 1.82) is 0 Å². The van der Waals surface area contributed by atoms with Crippen LogP contribution in [-0.2, 0) is 28.6 Å². The Morgan fingerprint density at radius 3 is 0.950 bits per heavy atom. The van der Waals surface area contributed by atoms with Crippen LogP contribution >= 0.6 is 0 Å². The fourth-order valence-electron chi connectivity index (χ4n) is 8.13. The average molecular weight is 849 g/mol. The summed E-state index contributed by atoms with van der Waals surface area (Å²) in [5.41, 5.74) is 0. The third kappa shape index (κ3) is 45.9. The number of rotatable bonds is 48. The highest BCUT2D eigenvalue weighted by Crippen LogP contribution is 2.18. The molecule has 0 aliphatic carbocycles. The normalized spacial score (nSPS) is 12.5. The number of hydrogen-bond donors (Lipinski definition) is 0. The van der Waals surface area contributed by atoms with E-state index in [2.05, 4.69) is 34.6 Å². The minimum absolute atomic E-state index is 0.0634. The highest BCUT2D eigenvalue weighted by atomic mass is 16.6. The van der Waals surface area contributed by atoms with Crippen molar-refractivity contribution >= 4 is 17.9 Å². The van der Waals surface area contributed by atoms with Gasteiger partial charge < -0.3 is 14.2 Å². The molecule has 0 aliphatic rings. The van der Waals surface area contributed by atoms with Crippen LogP contribution in [0.3, 0.4) is 0 Å². The van der Waals surface area contributed by atoms with E-state index in [1.54, 1.807) is 0 Å². The molecular formula is C54H104O6. The minimum Gasteiger partial charge on any atom is -0.462 e. The van der Waals surface area contributed by atoms with E-state index < -0.39 is 6.10 Å². The summed E-state index contributed by atoms with van der Waals surface area (Å²) in [5, 5.41) is 0. The molecule has 356 valence electrons. The molecule has 0 fully saturated rings. The second-order valence-corrected chi connectivity index (χ2v) is 19.2. The summed E-state index contributed by atoms with van der Waals surface area (Å²) < 4.78 is 16.8. The van der Waals surface area contributed by atoms with Crippen LogP contribution in [0.4, 0.5) is 0 Å². The maximum Gasteiger partial charge on any atom is 0.306 e. The van der Waals surface area contributed by atoms with Gasteiger partial charge in [0.2, 0.25) is 0 Å². The maximum atomic E-state index is 12.8. The monoisotopic (exact) mass is 849 g/mol. The van der Waals surface area contributed by atoms with Crippen LogP contribution in [0.25, 0.3) is 0 Å². The van der Waals surface area contributed by atoms with Gasteiger partial charge in [0.15, 0.2) is 6.10 Å². The first-order valence-electron chi connectivity index (χ1n) is 26.8. The molecule has 6 heteroatoms. The van der Waals surface area contributed by atoms with Crippen molar-refractivity contribution in [3.05, 3.63) is 0 Å². The SMILES string of the molecule is CCCCCCCCCCCCCCC(=O)OC[C@H](COC(=O)CCCCCCCCCCCCC(C)CC)OC(=O)CCCCCCCCCCCCCCCC(C)C. The lowest BCUT2D eigenvalue weighted by atomic mass is 9.99. The zero-order valence-corrected chi connectivity index (χ0v) is 41.1. The topological polar surface area (TPSA) is 78.9 Å². The van der Waals surface area contributed by atoms with Crippen LogP contribution in [0.2, 0.25) is 0 Å². The van der Waals surface area contributed by atoms with Gasteiger partial charge in [-0.25, -0.2) is 0 Å². The summed E-state index contributed by atoms with van der Waals surface area (Å²) in [6.45, 7) is 11.4. The molecule has 0 heterocycles. The lowest BCUT2D eigenvalue weighted by molar-refractivity contribution is -0.167. The van der Waals surface area contributed by atoms with Gasteiger partial charge in [0.1, 0.15) is 13.2 Å². The van der Waals surface area contributed by atoms with Crippen LogP contribution in [0.1, 0.15) is 298 Å². The molecule has 0 bridgehead atoms. The van der Waals surface area contributed by atoms with Crippen molar-refractivity contribution in [2.45, 2.75) is 304 Å². The van der Waals surface area contributed by atoms with Crippen molar-refractivity contribution in [1.82, 2.24) is 0 Å². The second kappa shape index (κ2) is 46.9. The Balaban J connectivity index is 4.32. The molecule has 0 radical (unpaired) electrons. The molecule has 0 spiro atoms. The summed E-state index contributed by atoms with van der Waals surface area (Å²) in [7, 11) is 0. The van der Waals surface area contributed by atoms with Gasteiger partial charge in [-0.1, -0.05) is 259 Å². The van der Waals surface area contributed by atoms with Gasteiger partial charge in [-0.05, 0) is 31.1 Å². The molecule has 6 nitrogen and oxygen atoms in total. The highest BCUT2D eigenvalue weighted by molar-refractivity contribution is 5.71. The third-order valence-corrected chi connectivity index (χ3v) is 12.6. The standard InChI is InChI=1S/C54H104O6/c1-6-8-9-10-11-12-13-18-24-29-34-39-44-52(55)58-47-51(48-59-53(56)45-40-35-30-25-21-20-23-28-33-38-43-50(5)7-2)60-54(57)46-41-36-31-26-19-16-14-15-17-22-27-32-37-42-49(3)4/h49-51H,6-48H2,1-5H3/t50?,51-/m1/s1. The van der Waals surface area contributed by atoms with Crippen LogP contribution in [0.15, 0.2) is 0 Å². The van der Waals surface area contributed by atoms with Crippen molar-refractivity contribution in [2.75, 3.05) is 13.2 Å². The third-order valence-electron chi connectivity index (χ3n) is 12.6. The largest absolute Gasteiger partial charge is 0.462 e. The Bertz CT molecular complexity index is 918. The minimum atomic E-state index is -0.762. The first-order chi connectivity index (χ1) is 29.3. The zero-order valence-electron chi connectivity index (χ0n) is 41.1. The molecule has 1 unspecified atom stereocenters. The van der Waals surface area contributed by atoms with E-state index >= 15 is 0 Å². The molecule has 0 saturated heterocycles. The molecule has 0 aliphatic heterocycles. The predicted molar refractivity (Wildman–Crippen MR) is 256 cm³/mol. The van der Waals surface area contributed by atoms with Crippen molar-refractivity contribution in [3.63, 3.8) is 0 Å². The maximum absolute atomic E-state index is 12.8. The summed E-state index contributed by atoms with van der Waals surface area (Å²) in [6, 6.07) is 0. The van der Waals surface area contributed by atoms with Crippen molar-refractivity contribution in [2.24, 2.45) is 11.8 Å². The van der Waals surface area contributed by atoms with Crippen LogP contribution < -0.4 is 0 Å². The molecule has 2 atom stereocenters. The van der Waals surface area contributed by atoms with Gasteiger partial charge in [0.05, 0.1) is 0 Å². The van der Waals surface area contributed by atoms with E-state index in [0.29, 0.717) is 19.3 Å². The number of ether oxygens (including phenoxy) is 3. The van der Waals surface area contributed by atoms with Crippen molar-refractivity contribution in [3.8, 4) is 0 Å². The van der Waals surface area contributed by atoms with Gasteiger partial charge in [0, 0.05) is 19.3 Å². The van der Waals surface area contributed by atoms with Gasteiger partial charge in [-0.2, -0.15) is 0 Å². The lowest BCUT2D eigenvalue weighted by Gasteiger charge is -2.18. The van der Waals surface area contributed by atoms with Gasteiger partial charge >= 0.3 is 17.9 Å². The smallest absolute Gasteiger partial charge is 0.306 e. The average Bonchev–Trinajstić information content (AvgIpc) is 3.23. The summed E-state index contributed by atoms with van der Waals surface area (Å²) in [5.74, 6) is 0.862. The Morgan fingerprint density at radius 1 is 0.350 bits per heavy atom. The lowest BCUT2D eigenvalue weighted by Crippen LogP contribution is -2.30. The molecule has 0 rings (SSSR count). The molecule has 0 aromatic carbocycles. The second-order valence-electron chi connectivity index (χ2n) is 19.2. The predicted octanol–water partition coefficient (Wildman–Crippen LogP) is 17.3. The number of hydrogen-bond acceptors (Lipinski definition) is 6. The van der Waals surface area contributed by atoms with E-state index in [1.807, 2.05) is 0 Å².